The molecular weight excluding hydrogens is 427 g/mol. The number of hydrogen-bond acceptors (Lipinski definition) is 6. The lowest BCUT2D eigenvalue weighted by Crippen LogP contribution is -2.30. The number of hydrogen-bond donors (Lipinski definition) is 1. The molecule has 1 saturated heterocycles. The number of carbonyl (C=O) groups excluding carboxylic acids is 1. The summed E-state index contributed by atoms with van der Waals surface area (Å²) < 4.78 is 41.4. The van der Waals surface area contributed by atoms with Crippen LogP contribution in [0.25, 0.3) is 0 Å². The molecule has 2 aromatic carbocycles. The maximum atomic E-state index is 13.8. The van der Waals surface area contributed by atoms with E-state index in [0.29, 0.717) is 24.4 Å². The minimum atomic E-state index is -3.70. The molecule has 0 saturated carbocycles. The lowest BCUT2D eigenvalue weighted by Gasteiger charge is -2.22. The Balaban J connectivity index is 1.55. The highest BCUT2D eigenvalue weighted by atomic mass is 32.2. The van der Waals surface area contributed by atoms with Crippen LogP contribution in [0.5, 0.6) is 0 Å². The fourth-order valence-corrected chi connectivity index (χ4v) is 5.93. The third-order valence-corrected chi connectivity index (χ3v) is 7.82. The van der Waals surface area contributed by atoms with E-state index < -0.39 is 27.8 Å². The number of benzene rings is 2. The lowest BCUT2D eigenvalue weighted by molar-refractivity contribution is 0.102. The Bertz CT molecular complexity index is 1180. The van der Waals surface area contributed by atoms with E-state index in [4.69, 9.17) is 0 Å². The van der Waals surface area contributed by atoms with Crippen molar-refractivity contribution in [1.29, 1.82) is 0 Å². The molecule has 1 unspecified atom stereocenters. The average molecular weight is 447 g/mol. The fraction of sp³-hybridized carbons (Fsp3) is 0.250. The van der Waals surface area contributed by atoms with Gasteiger partial charge in [-0.1, -0.05) is 41.2 Å². The van der Waals surface area contributed by atoms with Gasteiger partial charge in [0.15, 0.2) is 0 Å². The van der Waals surface area contributed by atoms with E-state index in [1.54, 1.807) is 30.3 Å². The summed E-state index contributed by atoms with van der Waals surface area (Å²) in [4.78, 5) is 12.6. The lowest BCUT2D eigenvalue weighted by atomic mass is 10.2. The number of carbonyl (C=O) groups is 1. The monoisotopic (exact) mass is 446 g/mol. The zero-order valence-corrected chi connectivity index (χ0v) is 17.7. The van der Waals surface area contributed by atoms with Gasteiger partial charge in [-0.2, -0.15) is 4.31 Å². The number of halogens is 1. The van der Waals surface area contributed by atoms with Gasteiger partial charge in [-0.25, -0.2) is 12.8 Å². The van der Waals surface area contributed by atoms with Crippen LogP contribution < -0.4 is 5.32 Å². The van der Waals surface area contributed by atoms with Gasteiger partial charge >= 0.3 is 0 Å². The maximum absolute atomic E-state index is 13.8. The SMILES string of the molecule is Cc1ccc(S(=O)(=O)N2CCCC2c2nnc(C(=O)Nc3ccccc3F)s2)cc1. The first-order valence-electron chi connectivity index (χ1n) is 9.34. The van der Waals surface area contributed by atoms with E-state index in [1.807, 2.05) is 6.92 Å². The molecule has 0 radical (unpaired) electrons. The molecule has 4 rings (SSSR count). The number of aryl methyl sites for hydroxylation is 1. The van der Waals surface area contributed by atoms with Gasteiger partial charge in [0.05, 0.1) is 16.6 Å². The number of sulfonamides is 1. The van der Waals surface area contributed by atoms with Gasteiger partial charge in [-0.3, -0.25) is 4.79 Å². The fourth-order valence-electron chi connectivity index (χ4n) is 3.32. The van der Waals surface area contributed by atoms with E-state index in [2.05, 4.69) is 15.5 Å². The smallest absolute Gasteiger partial charge is 0.286 e. The molecule has 0 aliphatic carbocycles. The number of para-hydroxylation sites is 1. The molecule has 0 bridgehead atoms. The number of nitrogens with one attached hydrogen (secondary N) is 1. The van der Waals surface area contributed by atoms with Crippen molar-refractivity contribution < 1.29 is 17.6 Å². The highest BCUT2D eigenvalue weighted by molar-refractivity contribution is 7.89. The third kappa shape index (κ3) is 3.98. The number of nitrogens with zero attached hydrogens (tertiary/aromatic N) is 3. The van der Waals surface area contributed by atoms with Crippen molar-refractivity contribution in [3.63, 3.8) is 0 Å². The topological polar surface area (TPSA) is 92.3 Å². The Kier molecular flexibility index (Phi) is 5.63. The third-order valence-electron chi connectivity index (χ3n) is 4.87. The molecule has 1 amide bonds. The molecule has 1 aliphatic heterocycles. The molecule has 7 nitrogen and oxygen atoms in total. The second-order valence-electron chi connectivity index (χ2n) is 6.97. The van der Waals surface area contributed by atoms with E-state index >= 15 is 0 Å². The molecule has 3 aromatic rings. The molecule has 10 heteroatoms. The Labute approximate surface area is 177 Å². The Hall–Kier alpha value is -2.69. The molecule has 0 spiro atoms. The number of aromatic nitrogens is 2. The van der Waals surface area contributed by atoms with Crippen LogP contribution >= 0.6 is 11.3 Å². The number of rotatable bonds is 5. The van der Waals surface area contributed by atoms with Crippen molar-refractivity contribution in [2.45, 2.75) is 30.7 Å². The molecule has 1 aromatic heterocycles. The van der Waals surface area contributed by atoms with Gasteiger partial charge in [0.25, 0.3) is 5.91 Å². The van der Waals surface area contributed by atoms with Crippen molar-refractivity contribution in [1.82, 2.24) is 14.5 Å². The molecular formula is C20H19FN4O3S2. The molecule has 1 aliphatic rings. The first-order chi connectivity index (χ1) is 14.4. The predicted molar refractivity (Wildman–Crippen MR) is 111 cm³/mol. The molecule has 156 valence electrons. The summed E-state index contributed by atoms with van der Waals surface area (Å²) in [6.07, 6.45) is 1.28. The standard InChI is InChI=1S/C20H19FN4O3S2/c1-13-8-10-14(11-9-13)30(27,28)25-12-4-7-17(25)19-23-24-20(29-19)18(26)22-16-6-3-2-5-15(16)21/h2-3,5-6,8-11,17H,4,7,12H2,1H3,(H,22,26). The van der Waals surface area contributed by atoms with Crippen LogP contribution in [0.15, 0.2) is 53.4 Å². The molecule has 1 N–H and O–H groups in total. The first kappa shape index (κ1) is 20.6. The summed E-state index contributed by atoms with van der Waals surface area (Å²) in [6, 6.07) is 12.0. The normalized spacial score (nSPS) is 17.2. The summed E-state index contributed by atoms with van der Waals surface area (Å²) in [5, 5.41) is 10.9. The predicted octanol–water partition coefficient (Wildman–Crippen LogP) is 3.76. The number of anilines is 1. The molecule has 30 heavy (non-hydrogen) atoms. The summed E-state index contributed by atoms with van der Waals surface area (Å²) in [6.45, 7) is 2.27. The molecule has 1 fully saturated rings. The largest absolute Gasteiger partial charge is 0.317 e. The van der Waals surface area contributed by atoms with Crippen LogP contribution in [-0.2, 0) is 10.0 Å². The van der Waals surface area contributed by atoms with Crippen LogP contribution in [0.3, 0.4) is 0 Å². The average Bonchev–Trinajstić information content (AvgIpc) is 3.40. The molecule has 2 heterocycles. The Morgan fingerprint density at radius 2 is 1.90 bits per heavy atom. The van der Waals surface area contributed by atoms with Gasteiger partial charge in [-0.15, -0.1) is 10.2 Å². The summed E-state index contributed by atoms with van der Waals surface area (Å²) in [5.41, 5.74) is 1.02. The van der Waals surface area contributed by atoms with Crippen molar-refractivity contribution in [3.05, 3.63) is 69.9 Å². The zero-order valence-electron chi connectivity index (χ0n) is 16.1. The van der Waals surface area contributed by atoms with Crippen molar-refractivity contribution in [2.24, 2.45) is 0 Å². The van der Waals surface area contributed by atoms with Crippen molar-refractivity contribution in [2.75, 3.05) is 11.9 Å². The Morgan fingerprint density at radius 1 is 1.17 bits per heavy atom. The van der Waals surface area contributed by atoms with Gasteiger partial charge in [-0.05, 0) is 44.0 Å². The van der Waals surface area contributed by atoms with E-state index in [1.165, 1.54) is 22.5 Å². The van der Waals surface area contributed by atoms with E-state index in [-0.39, 0.29) is 15.6 Å². The van der Waals surface area contributed by atoms with Gasteiger partial charge in [0.1, 0.15) is 10.8 Å². The van der Waals surface area contributed by atoms with Gasteiger partial charge in [0, 0.05) is 6.54 Å². The van der Waals surface area contributed by atoms with E-state index in [0.717, 1.165) is 16.9 Å². The van der Waals surface area contributed by atoms with Gasteiger partial charge < -0.3 is 5.32 Å². The maximum Gasteiger partial charge on any atom is 0.286 e. The number of amides is 1. The van der Waals surface area contributed by atoms with Gasteiger partial charge in [0.2, 0.25) is 15.0 Å². The molecule has 1 atom stereocenters. The van der Waals surface area contributed by atoms with Crippen molar-refractivity contribution >= 4 is 33.0 Å². The van der Waals surface area contributed by atoms with Crippen LogP contribution in [0.4, 0.5) is 10.1 Å². The minimum Gasteiger partial charge on any atom is -0.317 e. The summed E-state index contributed by atoms with van der Waals surface area (Å²) >= 11 is 1.02. The summed E-state index contributed by atoms with van der Waals surface area (Å²) in [5.74, 6) is -1.14. The second-order valence-corrected chi connectivity index (χ2v) is 9.87. The van der Waals surface area contributed by atoms with Crippen LogP contribution in [0.1, 0.15) is 39.3 Å². The van der Waals surface area contributed by atoms with Crippen LogP contribution in [0, 0.1) is 12.7 Å². The highest BCUT2D eigenvalue weighted by Crippen LogP contribution is 2.37. The second kappa shape index (κ2) is 8.21. The Morgan fingerprint density at radius 3 is 2.63 bits per heavy atom. The zero-order chi connectivity index (χ0) is 21.3. The first-order valence-corrected chi connectivity index (χ1v) is 11.6. The van der Waals surface area contributed by atoms with Crippen molar-refractivity contribution in [3.8, 4) is 0 Å². The highest BCUT2D eigenvalue weighted by Gasteiger charge is 2.38. The van der Waals surface area contributed by atoms with E-state index in [9.17, 15) is 17.6 Å². The quantitative estimate of drug-likeness (QED) is 0.644. The summed E-state index contributed by atoms with van der Waals surface area (Å²) in [7, 11) is -3.70. The van der Waals surface area contributed by atoms with Crippen LogP contribution in [0.2, 0.25) is 0 Å². The minimum absolute atomic E-state index is 0.0451. The van der Waals surface area contributed by atoms with Crippen LogP contribution in [-0.4, -0.2) is 35.4 Å².